The van der Waals surface area contributed by atoms with Crippen molar-refractivity contribution in [3.05, 3.63) is 22.3 Å². The Labute approximate surface area is 109 Å². The van der Waals surface area contributed by atoms with Gasteiger partial charge in [-0.1, -0.05) is 0 Å². The van der Waals surface area contributed by atoms with E-state index < -0.39 is 0 Å². The van der Waals surface area contributed by atoms with E-state index in [1.807, 2.05) is 20.8 Å². The van der Waals surface area contributed by atoms with Crippen LogP contribution >= 0.6 is 0 Å². The Morgan fingerprint density at radius 1 is 1.22 bits per heavy atom. The number of phenolic OH excluding ortho intramolecular Hbond substituents is 1. The molecule has 2 rings (SSSR count). The van der Waals surface area contributed by atoms with Crippen LogP contribution in [0.4, 0.5) is 0 Å². The monoisotopic (exact) mass is 249 g/mol. The Hall–Kier alpha value is -1.22. The molecule has 0 saturated carbocycles. The first-order valence-electron chi connectivity index (χ1n) is 6.60. The van der Waals surface area contributed by atoms with Crippen molar-refractivity contribution in [3.8, 4) is 11.5 Å². The van der Waals surface area contributed by atoms with E-state index in [-0.39, 0.29) is 5.60 Å². The Bertz CT molecular complexity index is 482. The first kappa shape index (κ1) is 13.2. The molecule has 1 unspecified atom stereocenters. The molecule has 1 aromatic rings. The molecule has 100 valence electrons. The fourth-order valence-electron chi connectivity index (χ4n) is 2.78. The lowest BCUT2D eigenvalue weighted by Gasteiger charge is -2.37. The second-order valence-electron chi connectivity index (χ2n) is 5.62. The SMILES string of the molecule is Cc1c(C)c2c(c(C)c1O)CCC(C)(CCN)O2. The third kappa shape index (κ3) is 1.97. The summed E-state index contributed by atoms with van der Waals surface area (Å²) < 4.78 is 6.22. The second kappa shape index (κ2) is 4.47. The highest BCUT2D eigenvalue weighted by molar-refractivity contribution is 5.58. The molecule has 0 bridgehead atoms. The van der Waals surface area contributed by atoms with Gasteiger partial charge >= 0.3 is 0 Å². The van der Waals surface area contributed by atoms with E-state index in [2.05, 4.69) is 6.92 Å². The average molecular weight is 249 g/mol. The highest BCUT2D eigenvalue weighted by atomic mass is 16.5. The number of ether oxygens (including phenoxy) is 1. The summed E-state index contributed by atoms with van der Waals surface area (Å²) in [5.41, 5.74) is 9.59. The summed E-state index contributed by atoms with van der Waals surface area (Å²) in [7, 11) is 0. The Morgan fingerprint density at radius 2 is 1.89 bits per heavy atom. The van der Waals surface area contributed by atoms with E-state index in [9.17, 15) is 5.11 Å². The fraction of sp³-hybridized carbons (Fsp3) is 0.600. The molecule has 1 aliphatic rings. The summed E-state index contributed by atoms with van der Waals surface area (Å²) >= 11 is 0. The number of hydrogen-bond donors (Lipinski definition) is 2. The van der Waals surface area contributed by atoms with E-state index in [0.29, 0.717) is 12.3 Å². The molecule has 0 spiro atoms. The van der Waals surface area contributed by atoms with Gasteiger partial charge in [-0.05, 0) is 70.2 Å². The van der Waals surface area contributed by atoms with Gasteiger partial charge in [0, 0.05) is 5.56 Å². The van der Waals surface area contributed by atoms with Gasteiger partial charge in [0.05, 0.1) is 0 Å². The van der Waals surface area contributed by atoms with Crippen molar-refractivity contribution < 1.29 is 9.84 Å². The van der Waals surface area contributed by atoms with E-state index in [1.165, 1.54) is 0 Å². The van der Waals surface area contributed by atoms with Crippen LogP contribution < -0.4 is 10.5 Å². The number of rotatable bonds is 2. The topological polar surface area (TPSA) is 55.5 Å². The van der Waals surface area contributed by atoms with Gasteiger partial charge in [-0.3, -0.25) is 0 Å². The van der Waals surface area contributed by atoms with E-state index in [1.54, 1.807) is 0 Å². The smallest absolute Gasteiger partial charge is 0.127 e. The standard InChI is InChI=1S/C15H23NO2/c1-9-10(2)14-12(11(3)13(9)17)5-6-15(4,18-14)7-8-16/h17H,5-8,16H2,1-4H3. The summed E-state index contributed by atoms with van der Waals surface area (Å²) in [5, 5.41) is 10.1. The van der Waals surface area contributed by atoms with Gasteiger partial charge in [0.25, 0.3) is 0 Å². The maximum atomic E-state index is 10.1. The summed E-state index contributed by atoms with van der Waals surface area (Å²) in [6.07, 6.45) is 2.77. The van der Waals surface area contributed by atoms with Gasteiger partial charge < -0.3 is 15.6 Å². The maximum absolute atomic E-state index is 10.1. The first-order chi connectivity index (χ1) is 8.39. The lowest BCUT2D eigenvalue weighted by atomic mass is 9.85. The summed E-state index contributed by atoms with van der Waals surface area (Å²) in [4.78, 5) is 0. The lowest BCUT2D eigenvalue weighted by Crippen LogP contribution is -2.39. The van der Waals surface area contributed by atoms with Crippen molar-refractivity contribution in [3.63, 3.8) is 0 Å². The predicted molar refractivity (Wildman–Crippen MR) is 73.3 cm³/mol. The molecule has 3 nitrogen and oxygen atoms in total. The highest BCUT2D eigenvalue weighted by Crippen LogP contribution is 2.43. The molecular weight excluding hydrogens is 226 g/mol. The van der Waals surface area contributed by atoms with Gasteiger partial charge in [-0.25, -0.2) is 0 Å². The van der Waals surface area contributed by atoms with E-state index >= 15 is 0 Å². The van der Waals surface area contributed by atoms with E-state index in [4.69, 9.17) is 10.5 Å². The molecule has 1 atom stereocenters. The molecule has 0 fully saturated rings. The zero-order chi connectivity index (χ0) is 13.5. The van der Waals surface area contributed by atoms with Crippen LogP contribution in [0.3, 0.4) is 0 Å². The Balaban J connectivity index is 2.50. The lowest BCUT2D eigenvalue weighted by molar-refractivity contribution is 0.0574. The van der Waals surface area contributed by atoms with Crippen molar-refractivity contribution in [2.45, 2.75) is 52.6 Å². The summed E-state index contributed by atoms with van der Waals surface area (Å²) in [6.45, 7) is 8.69. The molecule has 1 aromatic carbocycles. The third-order valence-electron chi connectivity index (χ3n) is 4.27. The van der Waals surface area contributed by atoms with Crippen LogP contribution in [0.1, 0.15) is 42.0 Å². The van der Waals surface area contributed by atoms with Crippen LogP contribution in [-0.2, 0) is 6.42 Å². The first-order valence-corrected chi connectivity index (χ1v) is 6.60. The number of fused-ring (bicyclic) bond motifs is 1. The number of hydrogen-bond acceptors (Lipinski definition) is 3. The zero-order valence-corrected chi connectivity index (χ0v) is 11.8. The minimum Gasteiger partial charge on any atom is -0.507 e. The van der Waals surface area contributed by atoms with Crippen LogP contribution in [0.2, 0.25) is 0 Å². The Kier molecular flexibility index (Phi) is 3.28. The van der Waals surface area contributed by atoms with Crippen molar-refractivity contribution in [1.29, 1.82) is 0 Å². The van der Waals surface area contributed by atoms with Gasteiger partial charge in [0.15, 0.2) is 0 Å². The molecule has 0 amide bonds. The molecule has 3 N–H and O–H groups in total. The fourth-order valence-corrected chi connectivity index (χ4v) is 2.78. The minimum atomic E-state index is -0.164. The van der Waals surface area contributed by atoms with Crippen LogP contribution in [0.5, 0.6) is 11.5 Å². The van der Waals surface area contributed by atoms with Gasteiger partial charge in [0.1, 0.15) is 17.1 Å². The zero-order valence-electron chi connectivity index (χ0n) is 11.8. The average Bonchev–Trinajstić information content (AvgIpc) is 2.34. The van der Waals surface area contributed by atoms with E-state index in [0.717, 1.165) is 47.3 Å². The van der Waals surface area contributed by atoms with Crippen LogP contribution in [0, 0.1) is 20.8 Å². The normalized spacial score (nSPS) is 22.5. The van der Waals surface area contributed by atoms with Gasteiger partial charge in [-0.2, -0.15) is 0 Å². The molecule has 0 radical (unpaired) electrons. The van der Waals surface area contributed by atoms with Crippen LogP contribution in [0.15, 0.2) is 0 Å². The number of phenols is 1. The maximum Gasteiger partial charge on any atom is 0.127 e. The molecule has 0 aliphatic carbocycles. The Morgan fingerprint density at radius 3 is 2.50 bits per heavy atom. The number of nitrogens with two attached hydrogens (primary N) is 1. The second-order valence-corrected chi connectivity index (χ2v) is 5.62. The quantitative estimate of drug-likeness (QED) is 0.847. The summed E-state index contributed by atoms with van der Waals surface area (Å²) in [6, 6.07) is 0. The largest absolute Gasteiger partial charge is 0.507 e. The molecule has 3 heteroatoms. The van der Waals surface area contributed by atoms with Crippen molar-refractivity contribution in [1.82, 2.24) is 0 Å². The molecule has 0 aromatic heterocycles. The predicted octanol–water partition coefficient (Wildman–Crippen LogP) is 2.75. The van der Waals surface area contributed by atoms with Crippen molar-refractivity contribution >= 4 is 0 Å². The van der Waals surface area contributed by atoms with Gasteiger partial charge in [-0.15, -0.1) is 0 Å². The molecule has 0 saturated heterocycles. The minimum absolute atomic E-state index is 0.164. The molecule has 1 aliphatic heterocycles. The van der Waals surface area contributed by atoms with Crippen LogP contribution in [-0.4, -0.2) is 17.3 Å². The third-order valence-corrected chi connectivity index (χ3v) is 4.27. The summed E-state index contributed by atoms with van der Waals surface area (Å²) in [5.74, 6) is 1.38. The molecule has 1 heterocycles. The molecular formula is C15H23NO2. The number of aromatic hydroxyl groups is 1. The van der Waals surface area contributed by atoms with Crippen molar-refractivity contribution in [2.24, 2.45) is 5.73 Å². The van der Waals surface area contributed by atoms with Crippen molar-refractivity contribution in [2.75, 3.05) is 6.54 Å². The van der Waals surface area contributed by atoms with Gasteiger partial charge in [0.2, 0.25) is 0 Å². The highest BCUT2D eigenvalue weighted by Gasteiger charge is 2.33. The molecule has 18 heavy (non-hydrogen) atoms. The van der Waals surface area contributed by atoms with Crippen LogP contribution in [0.25, 0.3) is 0 Å². The number of benzene rings is 1.